The maximum absolute atomic E-state index is 11.9. The highest BCUT2D eigenvalue weighted by atomic mass is 35.5. The van der Waals surface area contributed by atoms with Crippen LogP contribution in [0.25, 0.3) is 0 Å². The Kier molecular flexibility index (Phi) is 5.24. The lowest BCUT2D eigenvalue weighted by Gasteiger charge is -2.15. The molecule has 0 heterocycles. The van der Waals surface area contributed by atoms with E-state index in [4.69, 9.17) is 11.6 Å². The van der Waals surface area contributed by atoms with Gasteiger partial charge in [-0.05, 0) is 37.7 Å². The van der Waals surface area contributed by atoms with E-state index >= 15 is 0 Å². The van der Waals surface area contributed by atoms with Gasteiger partial charge in [-0.1, -0.05) is 18.5 Å². The molecule has 1 aromatic carbocycles. The summed E-state index contributed by atoms with van der Waals surface area (Å²) in [5.74, 6) is 0. The number of anilines is 1. The summed E-state index contributed by atoms with van der Waals surface area (Å²) in [4.78, 5) is 0. The van der Waals surface area contributed by atoms with Crippen LogP contribution in [0.5, 0.6) is 0 Å². The Morgan fingerprint density at radius 3 is 2.41 bits per heavy atom. The first-order chi connectivity index (χ1) is 7.95. The molecule has 0 aliphatic carbocycles. The monoisotopic (exact) mass is 276 g/mol. The van der Waals surface area contributed by atoms with Gasteiger partial charge in [-0.3, -0.25) is 4.72 Å². The van der Waals surface area contributed by atoms with Crippen molar-refractivity contribution in [3.8, 4) is 0 Å². The number of sulfonamides is 1. The Balaban J connectivity index is 2.69. The Morgan fingerprint density at radius 2 is 1.88 bits per heavy atom. The van der Waals surface area contributed by atoms with Crippen LogP contribution in [0.2, 0.25) is 5.02 Å². The molecule has 0 aliphatic rings. The second kappa shape index (κ2) is 6.23. The fourth-order valence-corrected chi connectivity index (χ4v) is 2.37. The molecule has 2 N–H and O–H groups in total. The number of rotatable bonds is 6. The van der Waals surface area contributed by atoms with Gasteiger partial charge in [-0.15, -0.1) is 0 Å². The molecule has 0 fully saturated rings. The molecule has 0 bridgehead atoms. The van der Waals surface area contributed by atoms with Gasteiger partial charge in [0.15, 0.2) is 0 Å². The summed E-state index contributed by atoms with van der Waals surface area (Å²) in [5.41, 5.74) is 0.526. The van der Waals surface area contributed by atoms with E-state index in [1.807, 2.05) is 6.92 Å². The van der Waals surface area contributed by atoms with Crippen LogP contribution in [0.4, 0.5) is 5.69 Å². The lowest BCUT2D eigenvalue weighted by Crippen LogP contribution is -2.34. The lowest BCUT2D eigenvalue weighted by atomic mass is 10.3. The molecule has 96 valence electrons. The van der Waals surface area contributed by atoms with Crippen LogP contribution in [-0.4, -0.2) is 26.8 Å². The highest BCUT2D eigenvalue weighted by molar-refractivity contribution is 7.93. The third-order valence-electron chi connectivity index (χ3n) is 2.32. The molecule has 0 saturated carbocycles. The first kappa shape index (κ1) is 14.3. The Hall–Kier alpha value is -0.780. The van der Waals surface area contributed by atoms with E-state index in [2.05, 4.69) is 10.0 Å². The van der Waals surface area contributed by atoms with E-state index in [1.54, 1.807) is 31.2 Å². The van der Waals surface area contributed by atoms with Crippen molar-refractivity contribution in [2.45, 2.75) is 19.1 Å². The molecule has 1 aromatic rings. The average molecular weight is 277 g/mol. The largest absolute Gasteiger partial charge is 0.316 e. The Morgan fingerprint density at radius 1 is 1.29 bits per heavy atom. The second-order valence-electron chi connectivity index (χ2n) is 3.77. The zero-order valence-electron chi connectivity index (χ0n) is 9.90. The zero-order chi connectivity index (χ0) is 12.9. The average Bonchev–Trinajstić information content (AvgIpc) is 2.28. The van der Waals surface area contributed by atoms with E-state index in [-0.39, 0.29) is 0 Å². The normalized spacial score (nSPS) is 13.4. The summed E-state index contributed by atoms with van der Waals surface area (Å²) >= 11 is 5.73. The maximum Gasteiger partial charge on any atom is 0.236 e. The molecule has 1 unspecified atom stereocenters. The van der Waals surface area contributed by atoms with Crippen molar-refractivity contribution in [3.05, 3.63) is 29.3 Å². The van der Waals surface area contributed by atoms with Gasteiger partial charge in [0.05, 0.1) is 5.25 Å². The first-order valence-electron chi connectivity index (χ1n) is 5.43. The van der Waals surface area contributed by atoms with Gasteiger partial charge in [0, 0.05) is 17.3 Å². The van der Waals surface area contributed by atoms with Crippen LogP contribution in [-0.2, 0) is 10.0 Å². The summed E-state index contributed by atoms with van der Waals surface area (Å²) in [7, 11) is -3.35. The van der Waals surface area contributed by atoms with Crippen LogP contribution < -0.4 is 10.0 Å². The minimum absolute atomic E-state index is 0.430. The van der Waals surface area contributed by atoms with E-state index in [1.165, 1.54) is 0 Å². The van der Waals surface area contributed by atoms with Gasteiger partial charge >= 0.3 is 0 Å². The van der Waals surface area contributed by atoms with Crippen LogP contribution in [0.15, 0.2) is 24.3 Å². The Labute approximate surface area is 107 Å². The molecular formula is C11H17ClN2O2S. The second-order valence-corrected chi connectivity index (χ2v) is 6.31. The fraction of sp³-hybridized carbons (Fsp3) is 0.455. The quantitative estimate of drug-likeness (QED) is 0.836. The van der Waals surface area contributed by atoms with Crippen LogP contribution >= 0.6 is 11.6 Å². The predicted octanol–water partition coefficient (Wildman–Crippen LogP) is 2.08. The van der Waals surface area contributed by atoms with Gasteiger partial charge in [0.2, 0.25) is 10.0 Å². The van der Waals surface area contributed by atoms with Gasteiger partial charge < -0.3 is 5.32 Å². The number of benzene rings is 1. The number of halogens is 1. The Bertz CT molecular complexity index is 445. The summed E-state index contributed by atoms with van der Waals surface area (Å²) < 4.78 is 26.3. The van der Waals surface area contributed by atoms with Crippen molar-refractivity contribution in [2.24, 2.45) is 0 Å². The maximum atomic E-state index is 11.9. The van der Waals surface area contributed by atoms with Crippen LogP contribution in [0.3, 0.4) is 0 Å². The molecular weight excluding hydrogens is 260 g/mol. The van der Waals surface area contributed by atoms with Gasteiger partial charge in [0.1, 0.15) is 0 Å². The molecule has 0 radical (unpaired) electrons. The molecule has 0 saturated heterocycles. The predicted molar refractivity (Wildman–Crippen MR) is 72.0 cm³/mol. The molecule has 6 heteroatoms. The van der Waals surface area contributed by atoms with Gasteiger partial charge in [-0.2, -0.15) is 0 Å². The highest BCUT2D eigenvalue weighted by Gasteiger charge is 2.19. The van der Waals surface area contributed by atoms with E-state index in [0.29, 0.717) is 17.3 Å². The molecule has 0 spiro atoms. The molecule has 0 aromatic heterocycles. The lowest BCUT2D eigenvalue weighted by molar-refractivity contribution is 0.579. The summed E-state index contributed by atoms with van der Waals surface area (Å²) in [6.45, 7) is 4.78. The summed E-state index contributed by atoms with van der Waals surface area (Å²) in [5, 5.41) is 3.10. The van der Waals surface area contributed by atoms with Gasteiger partial charge in [0.25, 0.3) is 0 Å². The number of nitrogens with one attached hydrogen (secondary N) is 2. The van der Waals surface area contributed by atoms with Crippen molar-refractivity contribution < 1.29 is 8.42 Å². The topological polar surface area (TPSA) is 58.2 Å². The molecule has 0 amide bonds. The van der Waals surface area contributed by atoms with Crippen molar-refractivity contribution in [2.75, 3.05) is 17.8 Å². The number of hydrogen-bond donors (Lipinski definition) is 2. The van der Waals surface area contributed by atoms with Crippen molar-refractivity contribution in [1.29, 1.82) is 0 Å². The number of hydrogen-bond acceptors (Lipinski definition) is 3. The zero-order valence-corrected chi connectivity index (χ0v) is 11.5. The minimum atomic E-state index is -3.35. The smallest absolute Gasteiger partial charge is 0.236 e. The van der Waals surface area contributed by atoms with E-state index in [9.17, 15) is 8.42 Å². The minimum Gasteiger partial charge on any atom is -0.316 e. The molecule has 4 nitrogen and oxygen atoms in total. The molecule has 0 aliphatic heterocycles. The summed E-state index contributed by atoms with van der Waals surface area (Å²) in [6, 6.07) is 6.57. The third-order valence-corrected chi connectivity index (χ3v) is 4.31. The molecule has 17 heavy (non-hydrogen) atoms. The van der Waals surface area contributed by atoms with E-state index < -0.39 is 15.3 Å². The standard InChI is InChI=1S/C11H17ClN2O2S/c1-3-13-8-9(2)17(15,16)14-11-6-4-10(12)5-7-11/h4-7,9,13-14H,3,8H2,1-2H3. The van der Waals surface area contributed by atoms with Crippen molar-refractivity contribution in [1.82, 2.24) is 5.32 Å². The molecule has 1 rings (SSSR count). The first-order valence-corrected chi connectivity index (χ1v) is 7.36. The highest BCUT2D eigenvalue weighted by Crippen LogP contribution is 2.15. The summed E-state index contributed by atoms with van der Waals surface area (Å²) in [6.07, 6.45) is 0. The van der Waals surface area contributed by atoms with Gasteiger partial charge in [-0.25, -0.2) is 8.42 Å². The van der Waals surface area contributed by atoms with E-state index in [0.717, 1.165) is 6.54 Å². The third kappa shape index (κ3) is 4.53. The van der Waals surface area contributed by atoms with Crippen LogP contribution in [0.1, 0.15) is 13.8 Å². The fourth-order valence-electron chi connectivity index (χ4n) is 1.24. The van der Waals surface area contributed by atoms with Crippen molar-refractivity contribution in [3.63, 3.8) is 0 Å². The van der Waals surface area contributed by atoms with Crippen LogP contribution in [0, 0.1) is 0 Å². The molecule has 1 atom stereocenters. The van der Waals surface area contributed by atoms with Crippen molar-refractivity contribution >= 4 is 27.3 Å². The SMILES string of the molecule is CCNCC(C)S(=O)(=O)Nc1ccc(Cl)cc1.